The largest absolute Gasteiger partial charge is 0.308 e. The molecule has 5 heteroatoms. The molecule has 0 spiro atoms. The van der Waals surface area contributed by atoms with Crippen LogP contribution in [0.3, 0.4) is 0 Å². The summed E-state index contributed by atoms with van der Waals surface area (Å²) in [5.41, 5.74) is 4.17. The number of aliphatic imine (C=N–C) groups is 2. The Labute approximate surface area is 162 Å². The van der Waals surface area contributed by atoms with Crippen LogP contribution in [0.4, 0.5) is 11.4 Å². The average molecular weight is 416 g/mol. The molecule has 0 atom stereocenters. The molecular weight excluding hydrogens is 394 g/mol. The van der Waals surface area contributed by atoms with Gasteiger partial charge >= 0.3 is 0 Å². The van der Waals surface area contributed by atoms with E-state index in [4.69, 9.17) is 9.98 Å². The van der Waals surface area contributed by atoms with Crippen molar-refractivity contribution >= 4 is 50.1 Å². The lowest BCUT2D eigenvalue weighted by atomic mass is 10.0. The molecule has 130 valence electrons. The summed E-state index contributed by atoms with van der Waals surface area (Å²) in [4.78, 5) is 12.1. The van der Waals surface area contributed by atoms with Crippen molar-refractivity contribution in [2.45, 2.75) is 33.2 Å². The standard InChI is InChI=1S/C20H22BrN3S/c1-13-7-6-8-14(2)17(13)22-18-20(3,4)24(19(23-18)25-5)16-11-9-15(21)10-12-16/h6-12H,1-5H3. The fourth-order valence-corrected chi connectivity index (χ4v) is 3.98. The Hall–Kier alpha value is -1.59. The van der Waals surface area contributed by atoms with Gasteiger partial charge in [-0.3, -0.25) is 0 Å². The summed E-state index contributed by atoms with van der Waals surface area (Å²) in [6.07, 6.45) is 2.06. The number of anilines is 1. The molecule has 0 amide bonds. The van der Waals surface area contributed by atoms with E-state index >= 15 is 0 Å². The van der Waals surface area contributed by atoms with E-state index < -0.39 is 0 Å². The van der Waals surface area contributed by atoms with Crippen LogP contribution < -0.4 is 4.90 Å². The summed E-state index contributed by atoms with van der Waals surface area (Å²) < 4.78 is 1.07. The third-order valence-corrected chi connectivity index (χ3v) is 5.59. The Balaban J connectivity index is 2.10. The second-order valence-electron chi connectivity index (χ2n) is 6.65. The summed E-state index contributed by atoms with van der Waals surface area (Å²) in [6.45, 7) is 8.54. The molecule has 0 radical (unpaired) electrons. The Morgan fingerprint density at radius 3 is 2.20 bits per heavy atom. The van der Waals surface area contributed by atoms with E-state index in [0.29, 0.717) is 0 Å². The first-order chi connectivity index (χ1) is 11.8. The highest BCUT2D eigenvalue weighted by molar-refractivity contribution is 9.10. The van der Waals surface area contributed by atoms with Gasteiger partial charge in [0.2, 0.25) is 0 Å². The SMILES string of the molecule is CSC1=NC(=Nc2c(C)cccc2C)C(C)(C)N1c1ccc(Br)cc1. The van der Waals surface area contributed by atoms with Crippen LogP contribution in [-0.2, 0) is 0 Å². The number of hydrogen-bond acceptors (Lipinski definition) is 3. The lowest BCUT2D eigenvalue weighted by molar-refractivity contribution is 0.699. The fourth-order valence-electron chi connectivity index (χ4n) is 3.03. The van der Waals surface area contributed by atoms with Crippen LogP contribution in [0.25, 0.3) is 0 Å². The predicted molar refractivity (Wildman–Crippen MR) is 115 cm³/mol. The average Bonchev–Trinajstić information content (AvgIpc) is 2.82. The Morgan fingerprint density at radius 2 is 1.64 bits per heavy atom. The number of hydrogen-bond donors (Lipinski definition) is 0. The molecular formula is C20H22BrN3S. The number of benzene rings is 2. The van der Waals surface area contributed by atoms with Gasteiger partial charge in [-0.05, 0) is 69.3 Å². The molecule has 1 aliphatic rings. The molecule has 2 aromatic carbocycles. The van der Waals surface area contributed by atoms with Gasteiger partial charge in [-0.2, -0.15) is 0 Å². The number of halogens is 1. The van der Waals surface area contributed by atoms with Crippen LogP contribution in [0.5, 0.6) is 0 Å². The molecule has 3 nitrogen and oxygen atoms in total. The van der Waals surface area contributed by atoms with Crippen molar-refractivity contribution in [3.05, 3.63) is 58.1 Å². The van der Waals surface area contributed by atoms with Gasteiger partial charge in [-0.25, -0.2) is 9.98 Å². The quantitative estimate of drug-likeness (QED) is 0.591. The molecule has 0 aliphatic carbocycles. The first kappa shape index (κ1) is 18.2. The summed E-state index contributed by atoms with van der Waals surface area (Å²) in [5.74, 6) is 0.845. The Morgan fingerprint density at radius 1 is 1.04 bits per heavy atom. The zero-order valence-corrected chi connectivity index (χ0v) is 17.6. The van der Waals surface area contributed by atoms with Gasteiger partial charge in [-0.15, -0.1) is 0 Å². The number of para-hydroxylation sites is 1. The minimum Gasteiger partial charge on any atom is -0.308 e. The second kappa shape index (κ2) is 6.96. The van der Waals surface area contributed by atoms with E-state index in [1.165, 1.54) is 11.1 Å². The lowest BCUT2D eigenvalue weighted by Crippen LogP contribution is -2.46. The Bertz CT molecular complexity index is 833. The third kappa shape index (κ3) is 3.40. The smallest absolute Gasteiger partial charge is 0.170 e. The van der Waals surface area contributed by atoms with Crippen molar-refractivity contribution in [2.24, 2.45) is 9.98 Å². The number of rotatable bonds is 2. The predicted octanol–water partition coefficient (Wildman–Crippen LogP) is 6.11. The third-order valence-electron chi connectivity index (χ3n) is 4.42. The molecule has 0 saturated heterocycles. The molecule has 0 bridgehead atoms. The molecule has 1 aliphatic heterocycles. The van der Waals surface area contributed by atoms with Crippen LogP contribution in [0, 0.1) is 13.8 Å². The number of thioether (sulfide) groups is 1. The van der Waals surface area contributed by atoms with Crippen LogP contribution >= 0.6 is 27.7 Å². The van der Waals surface area contributed by atoms with Gasteiger partial charge in [0, 0.05) is 10.2 Å². The topological polar surface area (TPSA) is 28.0 Å². The maximum atomic E-state index is 4.97. The summed E-state index contributed by atoms with van der Waals surface area (Å²) in [5, 5.41) is 0.970. The van der Waals surface area contributed by atoms with E-state index in [-0.39, 0.29) is 5.54 Å². The molecule has 0 saturated carbocycles. The van der Waals surface area contributed by atoms with Crippen LogP contribution in [0.1, 0.15) is 25.0 Å². The van der Waals surface area contributed by atoms with Gasteiger partial charge in [0.1, 0.15) is 5.54 Å². The monoisotopic (exact) mass is 415 g/mol. The Kier molecular flexibility index (Phi) is 5.07. The molecule has 25 heavy (non-hydrogen) atoms. The molecule has 0 aromatic heterocycles. The molecule has 0 unspecified atom stereocenters. The maximum absolute atomic E-state index is 4.97. The molecule has 0 N–H and O–H groups in total. The van der Waals surface area contributed by atoms with Crippen molar-refractivity contribution in [3.63, 3.8) is 0 Å². The summed E-state index contributed by atoms with van der Waals surface area (Å²) in [7, 11) is 0. The second-order valence-corrected chi connectivity index (χ2v) is 8.33. The van der Waals surface area contributed by atoms with Gasteiger partial charge in [0.05, 0.1) is 5.69 Å². The van der Waals surface area contributed by atoms with Crippen LogP contribution in [0.2, 0.25) is 0 Å². The molecule has 1 heterocycles. The van der Waals surface area contributed by atoms with Gasteiger partial charge in [0.15, 0.2) is 11.0 Å². The first-order valence-corrected chi connectivity index (χ1v) is 10.2. The van der Waals surface area contributed by atoms with Crippen LogP contribution in [0.15, 0.2) is 56.9 Å². The lowest BCUT2D eigenvalue weighted by Gasteiger charge is -2.33. The number of nitrogens with zero attached hydrogens (tertiary/aromatic N) is 3. The first-order valence-electron chi connectivity index (χ1n) is 8.18. The highest BCUT2D eigenvalue weighted by Crippen LogP contribution is 2.36. The minimum absolute atomic E-state index is 0.319. The zero-order chi connectivity index (χ0) is 18.2. The van der Waals surface area contributed by atoms with E-state index in [0.717, 1.165) is 26.9 Å². The number of amidine groups is 2. The molecule has 2 aromatic rings. The van der Waals surface area contributed by atoms with E-state index in [1.807, 2.05) is 0 Å². The number of aryl methyl sites for hydroxylation is 2. The normalized spacial score (nSPS) is 17.9. The van der Waals surface area contributed by atoms with Crippen molar-refractivity contribution < 1.29 is 0 Å². The van der Waals surface area contributed by atoms with E-state index in [2.05, 4.69) is 97.2 Å². The van der Waals surface area contributed by atoms with Gasteiger partial charge < -0.3 is 4.90 Å². The molecule has 0 fully saturated rings. The van der Waals surface area contributed by atoms with Crippen molar-refractivity contribution in [1.29, 1.82) is 0 Å². The zero-order valence-electron chi connectivity index (χ0n) is 15.2. The van der Waals surface area contributed by atoms with Crippen molar-refractivity contribution in [2.75, 3.05) is 11.2 Å². The highest BCUT2D eigenvalue weighted by atomic mass is 79.9. The highest BCUT2D eigenvalue weighted by Gasteiger charge is 2.41. The molecule has 3 rings (SSSR count). The van der Waals surface area contributed by atoms with E-state index in [9.17, 15) is 0 Å². The van der Waals surface area contributed by atoms with Crippen LogP contribution in [-0.4, -0.2) is 22.8 Å². The van der Waals surface area contributed by atoms with Gasteiger partial charge in [-0.1, -0.05) is 45.9 Å². The summed E-state index contributed by atoms with van der Waals surface area (Å²) in [6, 6.07) is 14.6. The van der Waals surface area contributed by atoms with Crippen molar-refractivity contribution in [1.82, 2.24) is 0 Å². The fraction of sp³-hybridized carbons (Fsp3) is 0.300. The minimum atomic E-state index is -0.319. The van der Waals surface area contributed by atoms with E-state index in [1.54, 1.807) is 11.8 Å². The van der Waals surface area contributed by atoms with Crippen molar-refractivity contribution in [3.8, 4) is 0 Å². The van der Waals surface area contributed by atoms with Gasteiger partial charge in [0.25, 0.3) is 0 Å². The summed E-state index contributed by atoms with van der Waals surface area (Å²) >= 11 is 5.16. The maximum Gasteiger partial charge on any atom is 0.170 e.